The van der Waals surface area contributed by atoms with Crippen LogP contribution in [0.25, 0.3) is 27.6 Å². The first-order valence-corrected chi connectivity index (χ1v) is 21.8. The Bertz CT molecular complexity index is 2890. The van der Waals surface area contributed by atoms with Gasteiger partial charge in [0.1, 0.15) is 11.5 Å². The summed E-state index contributed by atoms with van der Waals surface area (Å²) in [5.74, 6) is -0.786. The number of carbonyl (C=O) groups excluding carboxylic acids is 3. The Balaban J connectivity index is 1.26. The molecule has 2 heterocycles. The molecule has 7 aromatic rings. The molecule has 6 aromatic carbocycles. The van der Waals surface area contributed by atoms with Gasteiger partial charge in [-0.3, -0.25) is 9.59 Å². The molecule has 1 aromatic heterocycles. The fraction of sp³-hybridized carbons (Fsp3) is 0.184. The molecule has 308 valence electrons. The molecule has 0 bridgehead atoms. The lowest BCUT2D eigenvalue weighted by Gasteiger charge is -2.29. The van der Waals surface area contributed by atoms with Crippen molar-refractivity contribution in [3.8, 4) is 28.3 Å². The van der Waals surface area contributed by atoms with E-state index in [9.17, 15) is 22.8 Å². The van der Waals surface area contributed by atoms with Crippen LogP contribution in [0.2, 0.25) is 0 Å². The van der Waals surface area contributed by atoms with Crippen LogP contribution in [0.1, 0.15) is 74.7 Å². The van der Waals surface area contributed by atoms with E-state index < -0.39 is 27.8 Å². The summed E-state index contributed by atoms with van der Waals surface area (Å²) in [6.45, 7) is 4.58. The van der Waals surface area contributed by atoms with E-state index in [2.05, 4.69) is 11.6 Å². The van der Waals surface area contributed by atoms with Gasteiger partial charge in [-0.25, -0.2) is 22.6 Å². The zero-order valence-electron chi connectivity index (χ0n) is 33.8. The molecule has 12 heteroatoms. The molecule has 1 aliphatic rings. The molecular weight excluding hydrogens is 789 g/mol. The number of nitrogens with zero attached hydrogens (tertiary/aromatic N) is 3. The van der Waals surface area contributed by atoms with E-state index >= 15 is 0 Å². The zero-order valence-corrected chi connectivity index (χ0v) is 34.7. The summed E-state index contributed by atoms with van der Waals surface area (Å²) in [5.41, 5.74) is 4.20. The van der Waals surface area contributed by atoms with Crippen LogP contribution in [0.3, 0.4) is 0 Å². The topological polar surface area (TPSA) is 137 Å². The van der Waals surface area contributed by atoms with Gasteiger partial charge >= 0.3 is 5.97 Å². The first kappa shape index (κ1) is 40.7. The lowest BCUT2D eigenvalue weighted by atomic mass is 9.92. The Kier molecular flexibility index (Phi) is 11.8. The van der Waals surface area contributed by atoms with E-state index in [0.717, 1.165) is 29.4 Å². The number of benzene rings is 6. The summed E-state index contributed by atoms with van der Waals surface area (Å²) in [7, 11) is -4.32. The molecule has 0 saturated carbocycles. The molecule has 2 amide bonds. The van der Waals surface area contributed by atoms with Crippen LogP contribution in [0.15, 0.2) is 144 Å². The molecular formula is C49H44N4O7S. The summed E-state index contributed by atoms with van der Waals surface area (Å²) >= 11 is 0. The van der Waals surface area contributed by atoms with Gasteiger partial charge in [-0.05, 0) is 102 Å². The second kappa shape index (κ2) is 17.7. The van der Waals surface area contributed by atoms with E-state index in [-0.39, 0.29) is 28.3 Å². The highest BCUT2D eigenvalue weighted by atomic mass is 32.2. The van der Waals surface area contributed by atoms with Gasteiger partial charge in [0.2, 0.25) is 0 Å². The molecule has 1 N–H and O–H groups in total. The highest BCUT2D eigenvalue weighted by Gasteiger charge is 2.32. The lowest BCUT2D eigenvalue weighted by Crippen LogP contribution is -2.36. The van der Waals surface area contributed by atoms with Crippen LogP contribution in [0, 0.1) is 0 Å². The Morgan fingerprint density at radius 3 is 2.28 bits per heavy atom. The number of para-hydroxylation sites is 1. The first-order valence-electron chi connectivity index (χ1n) is 20.3. The van der Waals surface area contributed by atoms with Crippen molar-refractivity contribution < 1.29 is 32.3 Å². The number of aromatic nitrogens is 2. The largest absolute Gasteiger partial charge is 0.461 e. The number of sulfonamides is 1. The third-order valence-corrected chi connectivity index (χ3v) is 12.0. The number of amides is 2. The fourth-order valence-electron chi connectivity index (χ4n) is 7.66. The smallest absolute Gasteiger partial charge is 0.359 e. The summed E-state index contributed by atoms with van der Waals surface area (Å²) in [6, 6.07) is 41.1. The monoisotopic (exact) mass is 832 g/mol. The number of rotatable bonds is 13. The lowest BCUT2D eigenvalue weighted by molar-refractivity contribution is 0.0519. The Labute approximate surface area is 354 Å². The Hall–Kier alpha value is -7.05. The maximum absolute atomic E-state index is 15.0. The van der Waals surface area contributed by atoms with Crippen molar-refractivity contribution in [3.63, 3.8) is 0 Å². The Morgan fingerprint density at radius 2 is 1.49 bits per heavy atom. The first-order chi connectivity index (χ1) is 29.6. The minimum absolute atomic E-state index is 0.00328. The van der Waals surface area contributed by atoms with Crippen LogP contribution < -0.4 is 9.46 Å². The van der Waals surface area contributed by atoms with Gasteiger partial charge in [-0.2, -0.15) is 5.10 Å². The van der Waals surface area contributed by atoms with Crippen LogP contribution in [0.5, 0.6) is 11.5 Å². The highest BCUT2D eigenvalue weighted by molar-refractivity contribution is 7.90. The molecule has 11 nitrogen and oxygen atoms in total. The van der Waals surface area contributed by atoms with Gasteiger partial charge in [0, 0.05) is 35.8 Å². The number of ether oxygens (including phenoxy) is 2. The number of esters is 1. The van der Waals surface area contributed by atoms with Crippen molar-refractivity contribution in [2.75, 3.05) is 13.2 Å². The third kappa shape index (κ3) is 8.66. The van der Waals surface area contributed by atoms with Gasteiger partial charge < -0.3 is 14.4 Å². The van der Waals surface area contributed by atoms with E-state index in [1.54, 1.807) is 40.8 Å². The van der Waals surface area contributed by atoms with Gasteiger partial charge in [0.15, 0.2) is 5.69 Å². The molecule has 0 spiro atoms. The fourth-order valence-corrected chi connectivity index (χ4v) is 8.67. The quantitative estimate of drug-likeness (QED) is 0.114. The second-order valence-corrected chi connectivity index (χ2v) is 16.5. The van der Waals surface area contributed by atoms with E-state index in [1.165, 1.54) is 24.3 Å². The maximum atomic E-state index is 15.0. The van der Waals surface area contributed by atoms with Crippen LogP contribution >= 0.6 is 0 Å². The maximum Gasteiger partial charge on any atom is 0.359 e. The second-order valence-electron chi connectivity index (χ2n) is 14.8. The molecule has 0 atom stereocenters. The van der Waals surface area contributed by atoms with E-state index in [0.29, 0.717) is 65.3 Å². The van der Waals surface area contributed by atoms with Crippen LogP contribution in [0.4, 0.5) is 0 Å². The van der Waals surface area contributed by atoms with Crippen molar-refractivity contribution >= 4 is 38.6 Å². The molecule has 0 unspecified atom stereocenters. The number of carbonyl (C=O) groups is 3. The van der Waals surface area contributed by atoms with Crippen LogP contribution in [-0.4, -0.2) is 54.0 Å². The van der Waals surface area contributed by atoms with Crippen molar-refractivity contribution in [2.24, 2.45) is 0 Å². The standard InChI is InChI=1S/C49H44N4O7S/c1-3-5-22-44-45(46(49(56)59-4-2)50-53(44)38-18-13-21-40(31-38)60-39-19-7-6-8-20-39)42-26-24-36(30-43(42)48(55)52-28-27-34-15-10-12-17-37(34)32-52)47(54)51-61(57,58)41-25-23-33-14-9-11-16-35(33)29-41/h6-21,23-26,29-31H,3-5,22,27-28,32H2,1-2H3,(H,51,54). The average molecular weight is 833 g/mol. The van der Waals surface area contributed by atoms with Crippen molar-refractivity contribution in [2.45, 2.75) is 51.0 Å². The van der Waals surface area contributed by atoms with Crippen LogP contribution in [-0.2, 0) is 34.1 Å². The summed E-state index contributed by atoms with van der Waals surface area (Å²) in [6.07, 6.45) is 2.64. The molecule has 8 rings (SSSR count). The number of nitrogens with one attached hydrogen (secondary N) is 1. The van der Waals surface area contributed by atoms with E-state index in [4.69, 9.17) is 14.6 Å². The number of hydrogen-bond acceptors (Lipinski definition) is 8. The normalized spacial score (nSPS) is 12.5. The minimum Gasteiger partial charge on any atom is -0.461 e. The van der Waals surface area contributed by atoms with Gasteiger partial charge in [0.05, 0.1) is 22.9 Å². The predicted octanol–water partition coefficient (Wildman–Crippen LogP) is 9.32. The average Bonchev–Trinajstić information content (AvgIpc) is 3.67. The molecule has 1 aliphatic heterocycles. The van der Waals surface area contributed by atoms with Gasteiger partial charge in [-0.1, -0.05) is 98.3 Å². The SMILES string of the molecule is CCCCc1c(-c2ccc(C(=O)NS(=O)(=O)c3ccc4ccccc4c3)cc2C(=O)N2CCc3ccccc3C2)c(C(=O)OCC)nn1-c1cccc(Oc2ccccc2)c1. The van der Waals surface area contributed by atoms with Gasteiger partial charge in [0.25, 0.3) is 21.8 Å². The highest BCUT2D eigenvalue weighted by Crippen LogP contribution is 2.37. The van der Waals surface area contributed by atoms with Crippen molar-refractivity contribution in [1.82, 2.24) is 19.4 Å². The van der Waals surface area contributed by atoms with Gasteiger partial charge in [-0.15, -0.1) is 0 Å². The number of unbranched alkanes of at least 4 members (excludes halogenated alkanes) is 1. The predicted molar refractivity (Wildman–Crippen MR) is 234 cm³/mol. The summed E-state index contributed by atoms with van der Waals surface area (Å²) < 4.78 is 42.9. The van der Waals surface area contributed by atoms with Crippen molar-refractivity contribution in [3.05, 3.63) is 173 Å². The van der Waals surface area contributed by atoms with Crippen molar-refractivity contribution in [1.29, 1.82) is 0 Å². The third-order valence-electron chi connectivity index (χ3n) is 10.7. The Morgan fingerprint density at radius 1 is 0.754 bits per heavy atom. The molecule has 0 fully saturated rings. The summed E-state index contributed by atoms with van der Waals surface area (Å²) in [5, 5.41) is 6.43. The zero-order chi connectivity index (χ0) is 42.5. The molecule has 0 saturated heterocycles. The molecule has 61 heavy (non-hydrogen) atoms. The molecule has 0 radical (unpaired) electrons. The summed E-state index contributed by atoms with van der Waals surface area (Å²) in [4.78, 5) is 44.5. The van der Waals surface area contributed by atoms with E-state index in [1.807, 2.05) is 91.0 Å². The molecule has 0 aliphatic carbocycles. The minimum atomic E-state index is -4.32. The number of fused-ring (bicyclic) bond motifs is 2. The number of hydrogen-bond donors (Lipinski definition) is 1.